The smallest absolute Gasteiger partial charge is 0.226 e. The molecule has 2 aromatic rings. The van der Waals surface area contributed by atoms with Gasteiger partial charge in [-0.25, -0.2) is 9.97 Å². The van der Waals surface area contributed by atoms with E-state index in [2.05, 4.69) is 15.0 Å². The monoisotopic (exact) mass is 258 g/mol. The molecule has 0 radical (unpaired) electrons. The second-order valence-electron chi connectivity index (χ2n) is 4.71. The molecule has 6 nitrogen and oxygen atoms in total. The number of H-pyrrole nitrogens is 1. The van der Waals surface area contributed by atoms with Gasteiger partial charge in [0, 0.05) is 17.8 Å². The van der Waals surface area contributed by atoms with E-state index in [1.807, 2.05) is 6.07 Å². The van der Waals surface area contributed by atoms with E-state index >= 15 is 0 Å². The Balaban J connectivity index is 2.40. The maximum atomic E-state index is 9.68. The van der Waals surface area contributed by atoms with Gasteiger partial charge < -0.3 is 14.8 Å². The highest BCUT2D eigenvalue weighted by molar-refractivity contribution is 5.90. The van der Waals surface area contributed by atoms with Gasteiger partial charge in [0.15, 0.2) is 0 Å². The van der Waals surface area contributed by atoms with E-state index in [-0.39, 0.29) is 6.61 Å². The third-order valence-corrected chi connectivity index (χ3v) is 2.37. The molecule has 0 atom stereocenters. The summed E-state index contributed by atoms with van der Waals surface area (Å²) in [5.41, 5.74) is 0.442. The van der Waals surface area contributed by atoms with Crippen molar-refractivity contribution in [3.63, 3.8) is 0 Å². The van der Waals surface area contributed by atoms with Crippen molar-refractivity contribution in [3.05, 3.63) is 24.2 Å². The van der Waals surface area contributed by atoms with E-state index < -0.39 is 5.60 Å². The zero-order valence-electron chi connectivity index (χ0n) is 10.7. The number of nitriles is 1. The lowest BCUT2D eigenvalue weighted by atomic mass is 10.2. The molecule has 6 heteroatoms. The second-order valence-corrected chi connectivity index (χ2v) is 4.71. The molecule has 98 valence electrons. The fraction of sp³-hybridized carbons (Fsp3) is 0.308. The van der Waals surface area contributed by atoms with E-state index in [4.69, 9.17) is 10.00 Å². The first-order valence-electron chi connectivity index (χ1n) is 5.75. The molecule has 2 rings (SSSR count). The van der Waals surface area contributed by atoms with Crippen molar-refractivity contribution < 1.29 is 9.84 Å². The van der Waals surface area contributed by atoms with Gasteiger partial charge in [0.1, 0.15) is 18.6 Å². The molecule has 2 heterocycles. The third kappa shape index (κ3) is 3.09. The molecular formula is C13H14N4O2. The zero-order valence-corrected chi connectivity index (χ0v) is 10.7. The molecule has 19 heavy (non-hydrogen) atoms. The highest BCUT2D eigenvalue weighted by atomic mass is 16.5. The summed E-state index contributed by atoms with van der Waals surface area (Å²) in [6.07, 6.45) is 6.13. The lowest BCUT2D eigenvalue weighted by molar-refractivity contribution is 0.0274. The lowest BCUT2D eigenvalue weighted by Gasteiger charge is -2.17. The van der Waals surface area contributed by atoms with E-state index in [1.165, 1.54) is 12.4 Å². The van der Waals surface area contributed by atoms with Crippen LogP contribution in [-0.2, 0) is 0 Å². The summed E-state index contributed by atoms with van der Waals surface area (Å²) in [7, 11) is 0. The van der Waals surface area contributed by atoms with Crippen LogP contribution in [0.3, 0.4) is 0 Å². The number of hydrogen-bond donors (Lipinski definition) is 2. The quantitative estimate of drug-likeness (QED) is 0.813. The lowest BCUT2D eigenvalue weighted by Crippen LogP contribution is -2.28. The van der Waals surface area contributed by atoms with Gasteiger partial charge in [-0.1, -0.05) is 0 Å². The van der Waals surface area contributed by atoms with Gasteiger partial charge >= 0.3 is 0 Å². The summed E-state index contributed by atoms with van der Waals surface area (Å²) in [5.74, 6) is 0.381. The van der Waals surface area contributed by atoms with Crippen LogP contribution in [0.2, 0.25) is 0 Å². The summed E-state index contributed by atoms with van der Waals surface area (Å²) in [5, 5.41) is 18.9. The number of aliphatic hydroxyl groups is 1. The maximum Gasteiger partial charge on any atom is 0.226 e. The number of hydrogen-bond acceptors (Lipinski definition) is 5. The van der Waals surface area contributed by atoms with Crippen molar-refractivity contribution in [1.29, 1.82) is 5.26 Å². The predicted octanol–water partition coefficient (Wildman–Crippen LogP) is 1.64. The van der Waals surface area contributed by atoms with Crippen molar-refractivity contribution in [1.82, 2.24) is 15.0 Å². The van der Waals surface area contributed by atoms with Crippen LogP contribution in [0.5, 0.6) is 5.88 Å². The van der Waals surface area contributed by atoms with Crippen LogP contribution in [0, 0.1) is 11.3 Å². The molecule has 0 aromatic carbocycles. The van der Waals surface area contributed by atoms with Gasteiger partial charge in [-0.15, -0.1) is 0 Å². The molecule has 0 unspecified atom stereocenters. The normalized spacial score (nSPS) is 11.9. The van der Waals surface area contributed by atoms with Crippen LogP contribution >= 0.6 is 0 Å². The molecule has 2 N–H and O–H groups in total. The summed E-state index contributed by atoms with van der Waals surface area (Å²) >= 11 is 0. The van der Waals surface area contributed by atoms with E-state index in [0.717, 1.165) is 5.56 Å². The SMILES string of the molecule is CC(C)(O)COc1ncnc2[nH]cc(/C=C\C#N)c12. The molecule has 0 aliphatic heterocycles. The summed E-state index contributed by atoms with van der Waals surface area (Å²) in [6, 6.07) is 1.93. The van der Waals surface area contributed by atoms with Crippen molar-refractivity contribution >= 4 is 17.1 Å². The summed E-state index contributed by atoms with van der Waals surface area (Å²) in [6.45, 7) is 3.42. The van der Waals surface area contributed by atoms with Crippen LogP contribution < -0.4 is 4.74 Å². The molecule has 0 bridgehead atoms. The zero-order chi connectivity index (χ0) is 13.9. The maximum absolute atomic E-state index is 9.68. The molecule has 0 aliphatic carbocycles. The standard InChI is InChI=1S/C13H14N4O2/c1-13(2,18)7-19-12-10-9(4-3-5-14)6-15-11(10)16-8-17-12/h3-4,6,8,18H,7H2,1-2H3,(H,15,16,17)/b4-3-. The largest absolute Gasteiger partial charge is 0.474 e. The number of nitrogens with zero attached hydrogens (tertiary/aromatic N) is 3. The number of ether oxygens (including phenoxy) is 1. The highest BCUT2D eigenvalue weighted by Crippen LogP contribution is 2.26. The van der Waals surface area contributed by atoms with E-state index in [0.29, 0.717) is 16.9 Å². The van der Waals surface area contributed by atoms with Gasteiger partial charge in [0.2, 0.25) is 5.88 Å². The minimum Gasteiger partial charge on any atom is -0.474 e. The van der Waals surface area contributed by atoms with E-state index in [9.17, 15) is 5.11 Å². The molecular weight excluding hydrogens is 244 g/mol. The first kappa shape index (κ1) is 13.1. The number of allylic oxidation sites excluding steroid dienone is 1. The van der Waals surface area contributed by atoms with Crippen molar-refractivity contribution in [2.24, 2.45) is 0 Å². The predicted molar refractivity (Wildman–Crippen MR) is 70.3 cm³/mol. The van der Waals surface area contributed by atoms with Gasteiger partial charge in [-0.05, 0) is 19.9 Å². The Morgan fingerprint density at radius 1 is 1.53 bits per heavy atom. The number of fused-ring (bicyclic) bond motifs is 1. The number of nitrogens with one attached hydrogen (secondary N) is 1. The van der Waals surface area contributed by atoms with Crippen LogP contribution in [-0.4, -0.2) is 32.3 Å². The third-order valence-electron chi connectivity index (χ3n) is 2.37. The Bertz CT molecular complexity index is 647. The minimum atomic E-state index is -0.948. The Kier molecular flexibility index (Phi) is 3.49. The van der Waals surface area contributed by atoms with Crippen molar-refractivity contribution in [2.45, 2.75) is 19.4 Å². The molecule has 0 spiro atoms. The van der Waals surface area contributed by atoms with Crippen molar-refractivity contribution in [2.75, 3.05) is 6.61 Å². The highest BCUT2D eigenvalue weighted by Gasteiger charge is 2.16. The van der Waals surface area contributed by atoms with Crippen LogP contribution in [0.4, 0.5) is 0 Å². The summed E-state index contributed by atoms with van der Waals surface area (Å²) in [4.78, 5) is 11.1. The molecule has 0 aliphatic rings. The van der Waals surface area contributed by atoms with Crippen molar-refractivity contribution in [3.8, 4) is 11.9 Å². The van der Waals surface area contributed by atoms with Gasteiger partial charge in [0.25, 0.3) is 0 Å². The fourth-order valence-corrected chi connectivity index (χ4v) is 1.57. The van der Waals surface area contributed by atoms with Crippen LogP contribution in [0.25, 0.3) is 17.1 Å². The Labute approximate surface area is 110 Å². The van der Waals surface area contributed by atoms with Gasteiger partial charge in [-0.3, -0.25) is 0 Å². The van der Waals surface area contributed by atoms with Gasteiger partial charge in [-0.2, -0.15) is 5.26 Å². The Morgan fingerprint density at radius 2 is 2.32 bits per heavy atom. The van der Waals surface area contributed by atoms with Gasteiger partial charge in [0.05, 0.1) is 17.1 Å². The number of rotatable bonds is 4. The topological polar surface area (TPSA) is 94.8 Å². The Hall–Kier alpha value is -2.39. The Morgan fingerprint density at radius 3 is 3.00 bits per heavy atom. The molecule has 0 saturated carbocycles. The first-order chi connectivity index (χ1) is 9.01. The molecule has 0 fully saturated rings. The minimum absolute atomic E-state index is 0.117. The van der Waals surface area contributed by atoms with Crippen LogP contribution in [0.15, 0.2) is 18.6 Å². The summed E-state index contributed by atoms with van der Waals surface area (Å²) < 4.78 is 5.52. The average Bonchev–Trinajstić information content (AvgIpc) is 2.76. The second kappa shape index (κ2) is 5.08. The number of aromatic nitrogens is 3. The first-order valence-corrected chi connectivity index (χ1v) is 5.75. The molecule has 0 amide bonds. The molecule has 0 saturated heterocycles. The average molecular weight is 258 g/mol. The van der Waals surface area contributed by atoms with Crippen LogP contribution in [0.1, 0.15) is 19.4 Å². The number of aromatic amines is 1. The van der Waals surface area contributed by atoms with E-state index in [1.54, 1.807) is 26.1 Å². The molecule has 2 aromatic heterocycles. The fourth-order valence-electron chi connectivity index (χ4n) is 1.57.